The normalized spacial score (nSPS) is 13.1. The topological polar surface area (TPSA) is 53.1 Å². The van der Waals surface area contributed by atoms with Crippen molar-refractivity contribution in [3.05, 3.63) is 18.0 Å². The van der Waals surface area contributed by atoms with Crippen LogP contribution in [-0.4, -0.2) is 29.5 Å². The van der Waals surface area contributed by atoms with Crippen LogP contribution < -0.4 is 5.73 Å². The molecule has 1 aromatic rings. The molecule has 4 nitrogen and oxygen atoms in total. The first kappa shape index (κ1) is 11.2. The van der Waals surface area contributed by atoms with Gasteiger partial charge in [0.2, 0.25) is 0 Å². The zero-order chi connectivity index (χ0) is 10.4. The van der Waals surface area contributed by atoms with Crippen molar-refractivity contribution in [1.82, 2.24) is 9.78 Å². The number of rotatable bonds is 6. The van der Waals surface area contributed by atoms with Gasteiger partial charge in [-0.15, -0.1) is 0 Å². The summed E-state index contributed by atoms with van der Waals surface area (Å²) >= 11 is 0. The molecular weight excluding hydrogens is 178 g/mol. The minimum atomic E-state index is 0.201. The van der Waals surface area contributed by atoms with Crippen LogP contribution in [0.15, 0.2) is 12.4 Å². The smallest absolute Gasteiger partial charge is 0.0522 e. The highest BCUT2D eigenvalue weighted by molar-refractivity contribution is 5.05. The molecule has 1 rings (SSSR count). The van der Waals surface area contributed by atoms with Crippen LogP contribution in [0, 0.1) is 0 Å². The van der Waals surface area contributed by atoms with Gasteiger partial charge in [-0.05, 0) is 25.3 Å². The van der Waals surface area contributed by atoms with Crippen molar-refractivity contribution in [2.75, 3.05) is 13.7 Å². The maximum absolute atomic E-state index is 5.70. The Morgan fingerprint density at radius 2 is 2.43 bits per heavy atom. The molecule has 80 valence electrons. The number of ether oxygens (including phenoxy) is 1. The average Bonchev–Trinajstić information content (AvgIpc) is 2.52. The molecule has 0 fully saturated rings. The summed E-state index contributed by atoms with van der Waals surface area (Å²) in [7, 11) is 1.71. The number of nitrogens with two attached hydrogens (primary N) is 1. The first-order valence-corrected chi connectivity index (χ1v) is 4.98. The molecule has 0 bridgehead atoms. The van der Waals surface area contributed by atoms with Gasteiger partial charge in [0.25, 0.3) is 0 Å². The Hall–Kier alpha value is -0.870. The molecule has 1 atom stereocenters. The average molecular weight is 197 g/mol. The zero-order valence-corrected chi connectivity index (χ0v) is 8.94. The van der Waals surface area contributed by atoms with Crippen molar-refractivity contribution in [2.45, 2.75) is 32.4 Å². The van der Waals surface area contributed by atoms with Gasteiger partial charge in [0.15, 0.2) is 0 Å². The van der Waals surface area contributed by atoms with E-state index in [1.54, 1.807) is 7.11 Å². The van der Waals surface area contributed by atoms with Gasteiger partial charge in [-0.1, -0.05) is 0 Å². The molecule has 0 aliphatic heterocycles. The molecule has 0 amide bonds. The van der Waals surface area contributed by atoms with E-state index in [4.69, 9.17) is 10.5 Å². The van der Waals surface area contributed by atoms with Crippen LogP contribution in [0.4, 0.5) is 0 Å². The molecule has 1 heterocycles. The summed E-state index contributed by atoms with van der Waals surface area (Å²) in [6.45, 7) is 3.69. The summed E-state index contributed by atoms with van der Waals surface area (Å²) in [4.78, 5) is 0. The summed E-state index contributed by atoms with van der Waals surface area (Å²) in [5.41, 5.74) is 6.90. The number of nitrogens with zero attached hydrogens (tertiary/aromatic N) is 2. The molecule has 14 heavy (non-hydrogen) atoms. The minimum Gasteiger partial charge on any atom is -0.385 e. The molecule has 2 N–H and O–H groups in total. The van der Waals surface area contributed by atoms with Crippen molar-refractivity contribution in [3.8, 4) is 0 Å². The van der Waals surface area contributed by atoms with E-state index < -0.39 is 0 Å². The van der Waals surface area contributed by atoms with Crippen LogP contribution in [0.3, 0.4) is 0 Å². The predicted octanol–water partition coefficient (Wildman–Crippen LogP) is 0.809. The molecule has 0 aliphatic rings. The van der Waals surface area contributed by atoms with Crippen LogP contribution in [0.2, 0.25) is 0 Å². The Morgan fingerprint density at radius 1 is 1.64 bits per heavy atom. The van der Waals surface area contributed by atoms with E-state index in [0.29, 0.717) is 0 Å². The Kier molecular flexibility index (Phi) is 4.62. The third-order valence-corrected chi connectivity index (χ3v) is 1.98. The van der Waals surface area contributed by atoms with Gasteiger partial charge in [0.05, 0.1) is 6.20 Å². The van der Waals surface area contributed by atoms with E-state index >= 15 is 0 Å². The van der Waals surface area contributed by atoms with Gasteiger partial charge in [-0.25, -0.2) is 0 Å². The summed E-state index contributed by atoms with van der Waals surface area (Å²) in [6, 6.07) is 0.201. The van der Waals surface area contributed by atoms with E-state index in [9.17, 15) is 0 Å². The van der Waals surface area contributed by atoms with Crippen molar-refractivity contribution in [3.63, 3.8) is 0 Å². The van der Waals surface area contributed by atoms with Crippen LogP contribution in [0.25, 0.3) is 0 Å². The van der Waals surface area contributed by atoms with E-state index in [-0.39, 0.29) is 6.04 Å². The lowest BCUT2D eigenvalue weighted by molar-refractivity contribution is 0.189. The molecule has 1 aromatic heterocycles. The van der Waals surface area contributed by atoms with Crippen molar-refractivity contribution in [2.24, 2.45) is 5.73 Å². The maximum Gasteiger partial charge on any atom is 0.0522 e. The van der Waals surface area contributed by atoms with Crippen molar-refractivity contribution >= 4 is 0 Å². The Morgan fingerprint density at radius 3 is 3.07 bits per heavy atom. The second-order valence-electron chi connectivity index (χ2n) is 3.64. The summed E-state index contributed by atoms with van der Waals surface area (Å²) < 4.78 is 6.92. The SMILES string of the molecule is COCCCn1cc(CC(C)N)cn1. The van der Waals surface area contributed by atoms with Gasteiger partial charge in [-0.3, -0.25) is 4.68 Å². The molecule has 0 aromatic carbocycles. The van der Waals surface area contributed by atoms with Crippen molar-refractivity contribution < 1.29 is 4.74 Å². The van der Waals surface area contributed by atoms with Crippen LogP contribution >= 0.6 is 0 Å². The molecule has 0 saturated heterocycles. The summed E-state index contributed by atoms with van der Waals surface area (Å²) in [5, 5.41) is 4.25. The van der Waals surface area contributed by atoms with Gasteiger partial charge < -0.3 is 10.5 Å². The molecule has 1 unspecified atom stereocenters. The van der Waals surface area contributed by atoms with Crippen LogP contribution in [0.1, 0.15) is 18.9 Å². The van der Waals surface area contributed by atoms with Crippen LogP contribution in [0.5, 0.6) is 0 Å². The highest BCUT2D eigenvalue weighted by Crippen LogP contribution is 2.01. The number of hydrogen-bond donors (Lipinski definition) is 1. The van der Waals surface area contributed by atoms with Gasteiger partial charge in [-0.2, -0.15) is 5.10 Å². The first-order chi connectivity index (χ1) is 6.72. The van der Waals surface area contributed by atoms with Gasteiger partial charge in [0.1, 0.15) is 0 Å². The Balaban J connectivity index is 2.35. The number of aryl methyl sites for hydroxylation is 1. The number of methoxy groups -OCH3 is 1. The zero-order valence-electron chi connectivity index (χ0n) is 8.94. The lowest BCUT2D eigenvalue weighted by Crippen LogP contribution is -2.17. The standard InChI is InChI=1S/C10H19N3O/c1-9(11)6-10-7-12-13(8-10)4-3-5-14-2/h7-9H,3-6,11H2,1-2H3. The third kappa shape index (κ3) is 3.89. The Labute approximate surface area is 85.0 Å². The number of aromatic nitrogens is 2. The van der Waals surface area contributed by atoms with E-state index in [1.807, 2.05) is 17.8 Å². The molecular formula is C10H19N3O. The van der Waals surface area contributed by atoms with Gasteiger partial charge in [0, 0.05) is 32.5 Å². The van der Waals surface area contributed by atoms with E-state index in [1.165, 1.54) is 5.56 Å². The fourth-order valence-corrected chi connectivity index (χ4v) is 1.38. The van der Waals surface area contributed by atoms with E-state index in [0.717, 1.165) is 26.0 Å². The minimum absolute atomic E-state index is 0.201. The molecule has 0 saturated carbocycles. The number of hydrogen-bond acceptors (Lipinski definition) is 3. The third-order valence-electron chi connectivity index (χ3n) is 1.98. The summed E-state index contributed by atoms with van der Waals surface area (Å²) in [5.74, 6) is 0. The molecule has 0 aliphatic carbocycles. The fraction of sp³-hybridized carbons (Fsp3) is 0.700. The van der Waals surface area contributed by atoms with Crippen molar-refractivity contribution in [1.29, 1.82) is 0 Å². The largest absolute Gasteiger partial charge is 0.385 e. The lowest BCUT2D eigenvalue weighted by atomic mass is 10.1. The fourth-order valence-electron chi connectivity index (χ4n) is 1.38. The highest BCUT2D eigenvalue weighted by Gasteiger charge is 2.01. The monoisotopic (exact) mass is 197 g/mol. The molecule has 4 heteroatoms. The maximum atomic E-state index is 5.70. The van der Waals surface area contributed by atoms with Gasteiger partial charge >= 0.3 is 0 Å². The second kappa shape index (κ2) is 5.78. The predicted molar refractivity (Wildman–Crippen MR) is 56.1 cm³/mol. The molecule has 0 spiro atoms. The first-order valence-electron chi connectivity index (χ1n) is 4.98. The van der Waals surface area contributed by atoms with Crippen LogP contribution in [-0.2, 0) is 17.7 Å². The Bertz CT molecular complexity index is 258. The highest BCUT2D eigenvalue weighted by atomic mass is 16.5. The lowest BCUT2D eigenvalue weighted by Gasteiger charge is -2.01. The molecule has 0 radical (unpaired) electrons. The quantitative estimate of drug-likeness (QED) is 0.687. The second-order valence-corrected chi connectivity index (χ2v) is 3.64. The summed E-state index contributed by atoms with van der Waals surface area (Å²) in [6.07, 6.45) is 5.83. The van der Waals surface area contributed by atoms with E-state index in [2.05, 4.69) is 11.3 Å².